The zero-order valence-corrected chi connectivity index (χ0v) is 18.1. The first-order chi connectivity index (χ1) is 15.9. The van der Waals surface area contributed by atoms with Gasteiger partial charge in [-0.25, -0.2) is 14.6 Å². The molecule has 4 rings (SSSR count). The molecule has 1 aromatic heterocycles. The molecular formula is C21H25FN6O5. The highest BCUT2D eigenvalue weighted by molar-refractivity contribution is 5.90. The Morgan fingerprint density at radius 3 is 2.85 bits per heavy atom. The fourth-order valence-corrected chi connectivity index (χ4v) is 3.78. The minimum atomic E-state index is -0.585. The van der Waals surface area contributed by atoms with E-state index in [0.717, 1.165) is 0 Å². The van der Waals surface area contributed by atoms with Gasteiger partial charge in [0.25, 0.3) is 0 Å². The molecule has 0 radical (unpaired) electrons. The van der Waals surface area contributed by atoms with Crippen LogP contribution in [0, 0.1) is 5.82 Å². The highest BCUT2D eigenvalue weighted by Crippen LogP contribution is 2.28. The van der Waals surface area contributed by atoms with E-state index in [-0.39, 0.29) is 31.3 Å². The summed E-state index contributed by atoms with van der Waals surface area (Å²) in [6, 6.07) is 6.21. The van der Waals surface area contributed by atoms with Crippen molar-refractivity contribution in [3.05, 3.63) is 42.0 Å². The van der Waals surface area contributed by atoms with Gasteiger partial charge in [0.1, 0.15) is 18.2 Å². The third kappa shape index (κ3) is 5.40. The van der Waals surface area contributed by atoms with E-state index in [1.807, 2.05) is 4.90 Å². The number of amides is 3. The van der Waals surface area contributed by atoms with Crippen molar-refractivity contribution < 1.29 is 28.0 Å². The number of aromatic nitrogens is 1. The second-order valence-corrected chi connectivity index (χ2v) is 7.80. The Morgan fingerprint density at radius 1 is 1.27 bits per heavy atom. The summed E-state index contributed by atoms with van der Waals surface area (Å²) < 4.78 is 25.0. The molecule has 0 spiro atoms. The Bertz CT molecular complexity index is 1020. The van der Waals surface area contributed by atoms with Crippen molar-refractivity contribution in [1.82, 2.24) is 20.9 Å². The van der Waals surface area contributed by atoms with E-state index in [0.29, 0.717) is 43.2 Å². The van der Waals surface area contributed by atoms with E-state index in [1.165, 1.54) is 29.2 Å². The minimum absolute atomic E-state index is 0.113. The number of halogens is 1. The summed E-state index contributed by atoms with van der Waals surface area (Å²) in [5, 5.41) is 7.87. The number of nitrogens with zero attached hydrogens (tertiary/aromatic N) is 4. The van der Waals surface area contributed by atoms with E-state index < -0.39 is 18.0 Å². The standard InChI is InChI=1S/C21H25FN6O5/c1-14(29)23-12-17-13-27(21(31)33-17)16-2-3-19(18(22)11-16)26-6-5-24-28(8-7-26)20(30)10-15-4-9-32-25-15/h2-4,9,11,17,24H,5-8,10,12-13H2,1H3,(H,23,29)/t17-/m0/s1. The van der Waals surface area contributed by atoms with E-state index >= 15 is 4.39 Å². The lowest BCUT2D eigenvalue weighted by atomic mass is 10.2. The Hall–Kier alpha value is -3.67. The van der Waals surface area contributed by atoms with Gasteiger partial charge in [0.15, 0.2) is 0 Å². The van der Waals surface area contributed by atoms with Crippen LogP contribution in [0.4, 0.5) is 20.6 Å². The van der Waals surface area contributed by atoms with Crippen LogP contribution >= 0.6 is 0 Å². The number of carbonyl (C=O) groups excluding carboxylic acids is 3. The van der Waals surface area contributed by atoms with Crippen LogP contribution < -0.4 is 20.5 Å². The summed E-state index contributed by atoms with van der Waals surface area (Å²) in [4.78, 5) is 38.9. The summed E-state index contributed by atoms with van der Waals surface area (Å²) in [6.07, 6.45) is 0.443. The predicted octanol–water partition coefficient (Wildman–Crippen LogP) is 0.671. The predicted molar refractivity (Wildman–Crippen MR) is 115 cm³/mol. The largest absolute Gasteiger partial charge is 0.442 e. The minimum Gasteiger partial charge on any atom is -0.442 e. The lowest BCUT2D eigenvalue weighted by Gasteiger charge is -2.24. The van der Waals surface area contributed by atoms with Gasteiger partial charge in [0.05, 0.1) is 43.1 Å². The summed E-state index contributed by atoms with van der Waals surface area (Å²) in [5.41, 5.74) is 4.37. The number of carbonyl (C=O) groups is 3. The molecule has 2 aromatic rings. The summed E-state index contributed by atoms with van der Waals surface area (Å²) in [5.74, 6) is -0.846. The Balaban J connectivity index is 1.37. The zero-order valence-electron chi connectivity index (χ0n) is 18.1. The molecule has 33 heavy (non-hydrogen) atoms. The monoisotopic (exact) mass is 460 g/mol. The van der Waals surface area contributed by atoms with Crippen LogP contribution in [-0.4, -0.2) is 73.4 Å². The molecule has 2 aliphatic rings. The SMILES string of the molecule is CC(=O)NC[C@H]1CN(c2ccc(N3CCNN(C(=O)Cc4ccon4)CC3)c(F)c2)C(=O)O1. The highest BCUT2D eigenvalue weighted by atomic mass is 19.1. The van der Waals surface area contributed by atoms with Gasteiger partial charge in [-0.05, 0) is 18.2 Å². The molecule has 1 aromatic carbocycles. The van der Waals surface area contributed by atoms with Crippen LogP contribution in [-0.2, 0) is 20.7 Å². The average molecular weight is 460 g/mol. The number of hydrazine groups is 1. The molecule has 176 valence electrons. The normalized spacial score (nSPS) is 18.8. The number of nitrogens with one attached hydrogen (secondary N) is 2. The molecule has 11 nitrogen and oxygen atoms in total. The fourth-order valence-electron chi connectivity index (χ4n) is 3.78. The van der Waals surface area contributed by atoms with Crippen LogP contribution in [0.15, 0.2) is 35.1 Å². The van der Waals surface area contributed by atoms with Crippen LogP contribution in [0.1, 0.15) is 12.6 Å². The number of anilines is 2. The van der Waals surface area contributed by atoms with Gasteiger partial charge in [-0.2, -0.15) is 0 Å². The van der Waals surface area contributed by atoms with Crippen LogP contribution in [0.3, 0.4) is 0 Å². The maximum Gasteiger partial charge on any atom is 0.414 e. The molecule has 0 bridgehead atoms. The van der Waals surface area contributed by atoms with Crippen molar-refractivity contribution in [1.29, 1.82) is 0 Å². The van der Waals surface area contributed by atoms with Crippen molar-refractivity contribution in [3.8, 4) is 0 Å². The summed E-state index contributed by atoms with van der Waals surface area (Å²) in [6.45, 7) is 3.54. The van der Waals surface area contributed by atoms with E-state index in [9.17, 15) is 14.4 Å². The second kappa shape index (κ2) is 9.86. The fraction of sp³-hybridized carbons (Fsp3) is 0.429. The smallest absolute Gasteiger partial charge is 0.414 e. The zero-order chi connectivity index (χ0) is 23.4. The van der Waals surface area contributed by atoms with E-state index in [1.54, 1.807) is 18.2 Å². The first kappa shape index (κ1) is 22.5. The summed E-state index contributed by atoms with van der Waals surface area (Å²) >= 11 is 0. The Labute approximate surface area is 189 Å². The number of cyclic esters (lactones) is 1. The topological polar surface area (TPSA) is 120 Å². The molecule has 0 unspecified atom stereocenters. The molecule has 12 heteroatoms. The highest BCUT2D eigenvalue weighted by Gasteiger charge is 2.33. The first-order valence-corrected chi connectivity index (χ1v) is 10.6. The lowest BCUT2D eigenvalue weighted by Crippen LogP contribution is -2.44. The maximum absolute atomic E-state index is 15.0. The third-order valence-corrected chi connectivity index (χ3v) is 5.44. The maximum atomic E-state index is 15.0. The van der Waals surface area contributed by atoms with Crippen molar-refractivity contribution in [2.24, 2.45) is 0 Å². The molecule has 3 heterocycles. The Morgan fingerprint density at radius 2 is 2.12 bits per heavy atom. The van der Waals surface area contributed by atoms with Crippen molar-refractivity contribution in [3.63, 3.8) is 0 Å². The molecular weight excluding hydrogens is 435 g/mol. The van der Waals surface area contributed by atoms with Gasteiger partial charge in [0, 0.05) is 32.6 Å². The second-order valence-electron chi connectivity index (χ2n) is 7.80. The van der Waals surface area contributed by atoms with Gasteiger partial charge in [-0.15, -0.1) is 0 Å². The summed E-state index contributed by atoms with van der Waals surface area (Å²) in [7, 11) is 0. The van der Waals surface area contributed by atoms with Gasteiger partial charge in [-0.3, -0.25) is 19.5 Å². The number of benzene rings is 1. The van der Waals surface area contributed by atoms with Crippen LogP contribution in [0.2, 0.25) is 0 Å². The van der Waals surface area contributed by atoms with Gasteiger partial charge in [-0.1, -0.05) is 5.16 Å². The van der Waals surface area contributed by atoms with Crippen LogP contribution in [0.25, 0.3) is 0 Å². The molecule has 0 aliphatic carbocycles. The van der Waals surface area contributed by atoms with Gasteiger partial charge in [0.2, 0.25) is 11.8 Å². The van der Waals surface area contributed by atoms with Crippen molar-refractivity contribution >= 4 is 29.3 Å². The quantitative estimate of drug-likeness (QED) is 0.646. The Kier molecular flexibility index (Phi) is 6.73. The number of rotatable bonds is 6. The van der Waals surface area contributed by atoms with Gasteiger partial charge >= 0.3 is 6.09 Å². The van der Waals surface area contributed by atoms with E-state index in [2.05, 4.69) is 15.9 Å². The average Bonchev–Trinajstić information content (AvgIpc) is 3.35. The molecule has 0 saturated carbocycles. The first-order valence-electron chi connectivity index (χ1n) is 10.6. The third-order valence-electron chi connectivity index (χ3n) is 5.44. The number of ether oxygens (including phenoxy) is 1. The molecule has 2 N–H and O–H groups in total. The molecule has 2 aliphatic heterocycles. The van der Waals surface area contributed by atoms with Crippen molar-refractivity contribution in [2.75, 3.05) is 49.1 Å². The molecule has 3 amide bonds. The van der Waals surface area contributed by atoms with Gasteiger partial charge < -0.3 is 19.5 Å². The number of hydrogen-bond donors (Lipinski definition) is 2. The van der Waals surface area contributed by atoms with Crippen molar-refractivity contribution in [2.45, 2.75) is 19.4 Å². The number of hydrogen-bond acceptors (Lipinski definition) is 8. The van der Waals surface area contributed by atoms with E-state index in [4.69, 9.17) is 9.26 Å². The van der Waals surface area contributed by atoms with Crippen LogP contribution in [0.5, 0.6) is 0 Å². The lowest BCUT2D eigenvalue weighted by molar-refractivity contribution is -0.133. The molecule has 2 fully saturated rings. The molecule has 1 atom stereocenters. The molecule has 2 saturated heterocycles.